The van der Waals surface area contributed by atoms with Crippen LogP contribution in [0.25, 0.3) is 11.1 Å². The number of benzene rings is 3. The molecule has 0 aromatic heterocycles. The molecular weight excluding hydrogens is 444 g/mol. The van der Waals surface area contributed by atoms with Crippen molar-refractivity contribution >= 4 is 23.7 Å². The molecule has 7 heteroatoms. The maximum absolute atomic E-state index is 13.0. The van der Waals surface area contributed by atoms with Crippen LogP contribution in [0, 0.1) is 0 Å². The lowest BCUT2D eigenvalue weighted by molar-refractivity contribution is -0.139. The van der Waals surface area contributed by atoms with E-state index in [9.17, 15) is 19.5 Å². The van der Waals surface area contributed by atoms with Gasteiger partial charge in [0, 0.05) is 5.92 Å². The van der Waals surface area contributed by atoms with Crippen molar-refractivity contribution in [3.8, 4) is 11.1 Å². The van der Waals surface area contributed by atoms with Crippen LogP contribution in [0.15, 0.2) is 72.8 Å². The Balaban J connectivity index is 1.27. The van der Waals surface area contributed by atoms with Crippen molar-refractivity contribution < 1.29 is 24.2 Å². The summed E-state index contributed by atoms with van der Waals surface area (Å²) in [4.78, 5) is 37.0. The number of aliphatic carboxylic acids is 1. The van der Waals surface area contributed by atoms with Gasteiger partial charge in [0.05, 0.1) is 23.2 Å². The Hall–Kier alpha value is -4.13. The highest BCUT2D eigenvalue weighted by atomic mass is 16.5. The normalized spacial score (nSPS) is 15.3. The van der Waals surface area contributed by atoms with Crippen molar-refractivity contribution in [2.45, 2.75) is 37.1 Å². The van der Waals surface area contributed by atoms with Crippen molar-refractivity contribution in [2.75, 3.05) is 11.9 Å². The minimum Gasteiger partial charge on any atom is -0.481 e. The molecule has 0 unspecified atom stereocenters. The summed E-state index contributed by atoms with van der Waals surface area (Å²) in [7, 11) is 0. The number of fused-ring (bicyclic) bond motifs is 3. The van der Waals surface area contributed by atoms with Crippen LogP contribution in [0.3, 0.4) is 0 Å². The second kappa shape index (κ2) is 9.25. The van der Waals surface area contributed by atoms with Gasteiger partial charge in [-0.2, -0.15) is 0 Å². The molecule has 35 heavy (non-hydrogen) atoms. The van der Waals surface area contributed by atoms with Gasteiger partial charge in [-0.15, -0.1) is 0 Å². The quantitative estimate of drug-likeness (QED) is 0.442. The number of carbonyl (C=O) groups is 3. The monoisotopic (exact) mass is 470 g/mol. The number of para-hydroxylation sites is 1. The van der Waals surface area contributed by atoms with Gasteiger partial charge in [0.15, 0.2) is 0 Å². The first-order valence-corrected chi connectivity index (χ1v) is 11.7. The Kier molecular flexibility index (Phi) is 5.99. The van der Waals surface area contributed by atoms with Crippen molar-refractivity contribution in [3.63, 3.8) is 0 Å². The van der Waals surface area contributed by atoms with Crippen LogP contribution in [0.4, 0.5) is 10.5 Å². The fourth-order valence-corrected chi connectivity index (χ4v) is 5.08. The molecule has 3 aromatic carbocycles. The summed E-state index contributed by atoms with van der Waals surface area (Å²) in [5.41, 5.74) is 4.36. The van der Waals surface area contributed by atoms with E-state index in [0.717, 1.165) is 28.7 Å². The van der Waals surface area contributed by atoms with Crippen molar-refractivity contribution in [3.05, 3.63) is 89.5 Å². The number of carboxylic acids is 1. The van der Waals surface area contributed by atoms with Gasteiger partial charge in [0.1, 0.15) is 6.61 Å². The molecule has 0 atom stereocenters. The largest absolute Gasteiger partial charge is 0.481 e. The Morgan fingerprint density at radius 3 is 2.09 bits per heavy atom. The van der Waals surface area contributed by atoms with Crippen LogP contribution in [0.1, 0.15) is 53.1 Å². The van der Waals surface area contributed by atoms with Crippen molar-refractivity contribution in [1.82, 2.24) is 5.32 Å². The highest BCUT2D eigenvalue weighted by Crippen LogP contribution is 2.44. The molecule has 0 saturated heterocycles. The van der Waals surface area contributed by atoms with E-state index in [4.69, 9.17) is 4.74 Å². The van der Waals surface area contributed by atoms with Gasteiger partial charge >= 0.3 is 12.1 Å². The standard InChI is InChI=1S/C28H26N2O5/c31-25(32)16-28(14-7-15-28)30-26(33)22-12-5-6-13-24(22)29-27(34)35-17-23-20-10-3-1-8-18(20)19-9-2-4-11-21(19)23/h1-6,8-13,23H,7,14-17H2,(H,29,34)(H,30,33)(H,31,32). The van der Waals surface area contributed by atoms with Crippen LogP contribution in [-0.2, 0) is 9.53 Å². The smallest absolute Gasteiger partial charge is 0.411 e. The van der Waals surface area contributed by atoms with Crippen LogP contribution >= 0.6 is 0 Å². The van der Waals surface area contributed by atoms with Gasteiger partial charge in [0.2, 0.25) is 0 Å². The fourth-order valence-electron chi connectivity index (χ4n) is 5.08. The second-order valence-electron chi connectivity index (χ2n) is 9.15. The number of carbonyl (C=O) groups excluding carboxylic acids is 2. The molecule has 2 aliphatic carbocycles. The predicted octanol–water partition coefficient (Wildman–Crippen LogP) is 5.17. The maximum atomic E-state index is 13.0. The van der Waals surface area contributed by atoms with Crippen LogP contribution in [0.2, 0.25) is 0 Å². The predicted molar refractivity (Wildman–Crippen MR) is 131 cm³/mol. The zero-order valence-corrected chi connectivity index (χ0v) is 19.1. The van der Waals surface area contributed by atoms with Gasteiger partial charge in [-0.1, -0.05) is 60.7 Å². The molecular formula is C28H26N2O5. The summed E-state index contributed by atoms with van der Waals surface area (Å²) in [6.45, 7) is 0.163. The third kappa shape index (κ3) is 4.49. The summed E-state index contributed by atoms with van der Waals surface area (Å²) in [6, 6.07) is 22.8. The lowest BCUT2D eigenvalue weighted by atomic mass is 9.74. The minimum absolute atomic E-state index is 0.0683. The van der Waals surface area contributed by atoms with Crippen molar-refractivity contribution in [1.29, 1.82) is 0 Å². The molecule has 0 aliphatic heterocycles. The molecule has 3 N–H and O–H groups in total. The Bertz CT molecular complexity index is 1250. The lowest BCUT2D eigenvalue weighted by Crippen LogP contribution is -2.54. The average molecular weight is 471 g/mol. The summed E-state index contributed by atoms with van der Waals surface area (Å²) in [6.07, 6.45) is 1.32. The van der Waals surface area contributed by atoms with Gasteiger partial charge < -0.3 is 15.2 Å². The highest BCUT2D eigenvalue weighted by Gasteiger charge is 2.40. The van der Waals surface area contributed by atoms with E-state index >= 15 is 0 Å². The number of hydrogen-bond acceptors (Lipinski definition) is 4. The molecule has 0 radical (unpaired) electrons. The molecule has 1 fully saturated rings. The van der Waals surface area contributed by atoms with E-state index in [1.165, 1.54) is 0 Å². The molecule has 0 heterocycles. The third-order valence-electron chi connectivity index (χ3n) is 6.93. The summed E-state index contributed by atoms with van der Waals surface area (Å²) in [5, 5.41) is 14.8. The SMILES string of the molecule is O=C(O)CC1(NC(=O)c2ccccc2NC(=O)OCC2c3ccccc3-c3ccccc32)CCC1. The lowest BCUT2D eigenvalue weighted by Gasteiger charge is -2.41. The zero-order valence-electron chi connectivity index (χ0n) is 19.1. The molecule has 3 aromatic rings. The van der Waals surface area contributed by atoms with E-state index < -0.39 is 23.5 Å². The van der Waals surface area contributed by atoms with E-state index in [0.29, 0.717) is 18.5 Å². The second-order valence-corrected chi connectivity index (χ2v) is 9.15. The molecule has 0 spiro atoms. The maximum Gasteiger partial charge on any atom is 0.411 e. The molecule has 1 saturated carbocycles. The Labute approximate surface area is 203 Å². The van der Waals surface area contributed by atoms with Crippen LogP contribution in [0.5, 0.6) is 0 Å². The third-order valence-corrected chi connectivity index (χ3v) is 6.93. The van der Waals surface area contributed by atoms with Gasteiger partial charge in [-0.3, -0.25) is 14.9 Å². The Morgan fingerprint density at radius 2 is 1.49 bits per heavy atom. The van der Waals surface area contributed by atoms with Crippen molar-refractivity contribution in [2.24, 2.45) is 0 Å². The first kappa shape index (κ1) is 22.7. The highest BCUT2D eigenvalue weighted by molar-refractivity contribution is 6.03. The molecule has 5 rings (SSSR count). The average Bonchev–Trinajstić information content (AvgIpc) is 3.15. The number of rotatable bonds is 7. The Morgan fingerprint density at radius 1 is 0.886 bits per heavy atom. The number of nitrogens with one attached hydrogen (secondary N) is 2. The number of carboxylic acid groups (broad SMARTS) is 1. The van der Waals surface area contributed by atoms with E-state index in [1.54, 1.807) is 24.3 Å². The molecule has 0 bridgehead atoms. The molecule has 7 nitrogen and oxygen atoms in total. The van der Waals surface area contributed by atoms with E-state index in [-0.39, 0.29) is 24.5 Å². The summed E-state index contributed by atoms with van der Waals surface area (Å²) in [5.74, 6) is -1.43. The fraction of sp³-hybridized carbons (Fsp3) is 0.250. The molecule has 178 valence electrons. The van der Waals surface area contributed by atoms with Crippen LogP contribution < -0.4 is 10.6 Å². The number of anilines is 1. The zero-order chi connectivity index (χ0) is 24.4. The molecule has 2 aliphatic rings. The van der Waals surface area contributed by atoms with E-state index in [2.05, 4.69) is 22.8 Å². The number of amides is 2. The summed E-state index contributed by atoms with van der Waals surface area (Å²) < 4.78 is 5.60. The van der Waals surface area contributed by atoms with E-state index in [1.807, 2.05) is 36.4 Å². The topological polar surface area (TPSA) is 105 Å². The van der Waals surface area contributed by atoms with Gasteiger partial charge in [-0.05, 0) is 53.6 Å². The number of ether oxygens (including phenoxy) is 1. The first-order valence-electron chi connectivity index (χ1n) is 11.7. The van der Waals surface area contributed by atoms with Gasteiger partial charge in [-0.25, -0.2) is 4.79 Å². The number of hydrogen-bond donors (Lipinski definition) is 3. The summed E-state index contributed by atoms with van der Waals surface area (Å²) >= 11 is 0. The van der Waals surface area contributed by atoms with Crippen LogP contribution in [-0.4, -0.2) is 35.2 Å². The first-order chi connectivity index (χ1) is 17.0. The van der Waals surface area contributed by atoms with Gasteiger partial charge in [0.25, 0.3) is 5.91 Å². The minimum atomic E-state index is -0.949. The molecule has 2 amide bonds.